The Morgan fingerprint density at radius 3 is 2.73 bits per heavy atom. The fourth-order valence-corrected chi connectivity index (χ4v) is 1.88. The van der Waals surface area contributed by atoms with Crippen molar-refractivity contribution in [1.29, 1.82) is 5.26 Å². The first-order valence-electron chi connectivity index (χ1n) is 6.17. The first kappa shape index (κ1) is 15.5. The van der Waals surface area contributed by atoms with Crippen LogP contribution in [-0.2, 0) is 4.79 Å². The fraction of sp³-hybridized carbons (Fsp3) is 0. The molecule has 6 heteroatoms. The van der Waals surface area contributed by atoms with E-state index in [-0.39, 0.29) is 22.0 Å². The van der Waals surface area contributed by atoms with Crippen molar-refractivity contribution in [2.75, 3.05) is 5.32 Å². The molecule has 0 unspecified atom stereocenters. The van der Waals surface area contributed by atoms with Gasteiger partial charge >= 0.3 is 0 Å². The number of nitrogens with one attached hydrogen (secondary N) is 1. The maximum absolute atomic E-state index is 13.1. The summed E-state index contributed by atoms with van der Waals surface area (Å²) >= 11 is 5.62. The molecule has 2 aromatic rings. The molecule has 0 radical (unpaired) electrons. The number of carbonyl (C=O) groups excluding carboxylic acids is 1. The van der Waals surface area contributed by atoms with Crippen LogP contribution in [-0.4, -0.2) is 11.0 Å². The van der Waals surface area contributed by atoms with Crippen molar-refractivity contribution in [1.82, 2.24) is 0 Å². The Hall–Kier alpha value is -2.84. The topological polar surface area (TPSA) is 73.1 Å². The molecule has 2 rings (SSSR count). The minimum absolute atomic E-state index is 0.0248. The van der Waals surface area contributed by atoms with Gasteiger partial charge in [0.2, 0.25) is 0 Å². The summed E-state index contributed by atoms with van der Waals surface area (Å²) < 4.78 is 13.1. The average molecular weight is 317 g/mol. The van der Waals surface area contributed by atoms with E-state index in [1.54, 1.807) is 18.2 Å². The SMILES string of the molecule is N#C/C(=C\c1cccc(O)c1)C(=O)Nc1ccc(F)c(Cl)c1. The lowest BCUT2D eigenvalue weighted by molar-refractivity contribution is -0.112. The van der Waals surface area contributed by atoms with Gasteiger partial charge in [-0.15, -0.1) is 0 Å². The molecule has 0 fully saturated rings. The summed E-state index contributed by atoms with van der Waals surface area (Å²) in [6.45, 7) is 0. The predicted octanol–water partition coefficient (Wildman–Crippen LogP) is 3.73. The van der Waals surface area contributed by atoms with Crippen molar-refractivity contribution >= 4 is 29.3 Å². The number of phenols is 1. The third-order valence-electron chi connectivity index (χ3n) is 2.72. The second-order valence-electron chi connectivity index (χ2n) is 4.35. The van der Waals surface area contributed by atoms with E-state index in [4.69, 9.17) is 16.9 Å². The number of halogens is 2. The summed E-state index contributed by atoms with van der Waals surface area (Å²) in [4.78, 5) is 12.0. The molecule has 0 aliphatic carbocycles. The third-order valence-corrected chi connectivity index (χ3v) is 3.01. The fourth-order valence-electron chi connectivity index (χ4n) is 1.70. The van der Waals surface area contributed by atoms with Crippen LogP contribution in [0.4, 0.5) is 10.1 Å². The number of rotatable bonds is 3. The van der Waals surface area contributed by atoms with E-state index in [9.17, 15) is 14.3 Å². The van der Waals surface area contributed by atoms with Gasteiger partial charge in [0.1, 0.15) is 23.2 Å². The van der Waals surface area contributed by atoms with Crippen molar-refractivity contribution < 1.29 is 14.3 Å². The molecular formula is C16H10ClFN2O2. The van der Waals surface area contributed by atoms with E-state index in [1.165, 1.54) is 30.3 Å². The van der Waals surface area contributed by atoms with Gasteiger partial charge in [-0.25, -0.2) is 4.39 Å². The molecule has 0 atom stereocenters. The maximum atomic E-state index is 13.1. The lowest BCUT2D eigenvalue weighted by atomic mass is 10.1. The molecule has 22 heavy (non-hydrogen) atoms. The lowest BCUT2D eigenvalue weighted by Crippen LogP contribution is -2.13. The van der Waals surface area contributed by atoms with Crippen LogP contribution in [0.15, 0.2) is 48.0 Å². The molecule has 2 N–H and O–H groups in total. The number of anilines is 1. The van der Waals surface area contributed by atoms with Crippen molar-refractivity contribution in [3.05, 3.63) is 64.4 Å². The van der Waals surface area contributed by atoms with Crippen molar-refractivity contribution in [3.8, 4) is 11.8 Å². The summed E-state index contributed by atoms with van der Waals surface area (Å²) in [6, 6.07) is 11.6. The van der Waals surface area contributed by atoms with Gasteiger partial charge in [0.05, 0.1) is 5.02 Å². The highest BCUT2D eigenvalue weighted by atomic mass is 35.5. The highest BCUT2D eigenvalue weighted by Crippen LogP contribution is 2.20. The normalized spacial score (nSPS) is 10.9. The molecule has 0 aliphatic heterocycles. The average Bonchev–Trinajstić information content (AvgIpc) is 2.48. The van der Waals surface area contributed by atoms with E-state index >= 15 is 0 Å². The summed E-state index contributed by atoms with van der Waals surface area (Å²) in [7, 11) is 0. The Labute approximate surface area is 131 Å². The zero-order chi connectivity index (χ0) is 16.1. The number of carbonyl (C=O) groups is 1. The first-order chi connectivity index (χ1) is 10.5. The number of hydrogen-bond donors (Lipinski definition) is 2. The molecular weight excluding hydrogens is 307 g/mol. The molecule has 1 amide bonds. The molecule has 0 heterocycles. The third kappa shape index (κ3) is 3.84. The van der Waals surface area contributed by atoms with Crippen molar-refractivity contribution in [2.24, 2.45) is 0 Å². The minimum atomic E-state index is -0.659. The molecule has 0 spiro atoms. The molecule has 0 saturated carbocycles. The maximum Gasteiger partial charge on any atom is 0.266 e. The number of benzene rings is 2. The van der Waals surface area contributed by atoms with Gasteiger partial charge in [0.25, 0.3) is 5.91 Å². The number of amides is 1. The van der Waals surface area contributed by atoms with Crippen LogP contribution in [0.1, 0.15) is 5.56 Å². The highest BCUT2D eigenvalue weighted by molar-refractivity contribution is 6.31. The van der Waals surface area contributed by atoms with E-state index in [1.807, 2.05) is 0 Å². The number of aromatic hydroxyl groups is 1. The van der Waals surface area contributed by atoms with E-state index in [2.05, 4.69) is 5.32 Å². The lowest BCUT2D eigenvalue weighted by Gasteiger charge is -2.05. The Balaban J connectivity index is 2.22. The zero-order valence-electron chi connectivity index (χ0n) is 11.2. The van der Waals surface area contributed by atoms with Gasteiger partial charge in [-0.3, -0.25) is 4.79 Å². The van der Waals surface area contributed by atoms with Gasteiger partial charge in [-0.2, -0.15) is 5.26 Å². The monoisotopic (exact) mass is 316 g/mol. The van der Waals surface area contributed by atoms with Gasteiger partial charge in [-0.05, 0) is 42.0 Å². The molecule has 4 nitrogen and oxygen atoms in total. The Kier molecular flexibility index (Phi) is 4.77. The molecule has 0 bridgehead atoms. The Bertz CT molecular complexity index is 797. The minimum Gasteiger partial charge on any atom is -0.508 e. The van der Waals surface area contributed by atoms with Crippen LogP contribution in [0.5, 0.6) is 5.75 Å². The Morgan fingerprint density at radius 1 is 1.32 bits per heavy atom. The first-order valence-corrected chi connectivity index (χ1v) is 6.54. The largest absolute Gasteiger partial charge is 0.508 e. The molecule has 0 aliphatic rings. The van der Waals surface area contributed by atoms with Crippen LogP contribution < -0.4 is 5.32 Å². The van der Waals surface area contributed by atoms with E-state index in [0.717, 1.165) is 6.07 Å². The summed E-state index contributed by atoms with van der Waals surface area (Å²) in [5, 5.41) is 20.8. The van der Waals surface area contributed by atoms with Crippen molar-refractivity contribution in [2.45, 2.75) is 0 Å². The van der Waals surface area contributed by atoms with Crippen LogP contribution >= 0.6 is 11.6 Å². The second-order valence-corrected chi connectivity index (χ2v) is 4.76. The van der Waals surface area contributed by atoms with Crippen LogP contribution in [0.3, 0.4) is 0 Å². The zero-order valence-corrected chi connectivity index (χ0v) is 11.9. The summed E-state index contributed by atoms with van der Waals surface area (Å²) in [6.07, 6.45) is 1.33. The number of nitrogens with zero attached hydrogens (tertiary/aromatic N) is 1. The van der Waals surface area contributed by atoms with Crippen LogP contribution in [0.25, 0.3) is 6.08 Å². The molecule has 2 aromatic carbocycles. The molecule has 0 aromatic heterocycles. The second kappa shape index (κ2) is 6.74. The highest BCUT2D eigenvalue weighted by Gasteiger charge is 2.11. The quantitative estimate of drug-likeness (QED) is 0.669. The number of nitriles is 1. The number of phenolic OH excluding ortho intramolecular Hbond substituents is 1. The van der Waals surface area contributed by atoms with Crippen molar-refractivity contribution in [3.63, 3.8) is 0 Å². The Morgan fingerprint density at radius 2 is 2.09 bits per heavy atom. The van der Waals surface area contributed by atoms with E-state index < -0.39 is 11.7 Å². The van der Waals surface area contributed by atoms with Crippen LogP contribution in [0, 0.1) is 17.1 Å². The van der Waals surface area contributed by atoms with Gasteiger partial charge in [-0.1, -0.05) is 23.7 Å². The van der Waals surface area contributed by atoms with Gasteiger partial charge in [0, 0.05) is 5.69 Å². The smallest absolute Gasteiger partial charge is 0.266 e. The summed E-state index contributed by atoms with van der Waals surface area (Å²) in [5.41, 5.74) is 0.614. The molecule has 110 valence electrons. The van der Waals surface area contributed by atoms with Crippen LogP contribution in [0.2, 0.25) is 5.02 Å². The summed E-state index contributed by atoms with van der Waals surface area (Å²) in [5.74, 6) is -1.24. The van der Waals surface area contributed by atoms with Gasteiger partial charge < -0.3 is 10.4 Å². The predicted molar refractivity (Wildman–Crippen MR) is 81.7 cm³/mol. The number of hydrogen-bond acceptors (Lipinski definition) is 3. The standard InChI is InChI=1S/C16H10ClFN2O2/c17-14-8-12(4-5-15(14)18)20-16(22)11(9-19)6-10-2-1-3-13(21)7-10/h1-8,21H,(H,20,22)/b11-6+. The molecule has 0 saturated heterocycles. The van der Waals surface area contributed by atoms with Gasteiger partial charge in [0.15, 0.2) is 0 Å². The van der Waals surface area contributed by atoms with E-state index in [0.29, 0.717) is 5.56 Å².